The molecule has 1 fully saturated rings. The van der Waals surface area contributed by atoms with Gasteiger partial charge in [0.15, 0.2) is 0 Å². The highest BCUT2D eigenvalue weighted by Gasteiger charge is 2.31. The normalized spacial score (nSPS) is 27.0. The Morgan fingerprint density at radius 1 is 1.31 bits per heavy atom. The highest BCUT2D eigenvalue weighted by atomic mass is 16.5. The fourth-order valence-electron chi connectivity index (χ4n) is 2.39. The number of ether oxygens (including phenoxy) is 1. The van der Waals surface area contributed by atoms with Crippen LogP contribution >= 0.6 is 0 Å². The molecular weight excluding hydrogens is 206 g/mol. The molecule has 2 atom stereocenters. The predicted octanol–water partition coefficient (Wildman–Crippen LogP) is 0.667. The summed E-state index contributed by atoms with van der Waals surface area (Å²) in [5.41, 5.74) is -0.527. The molecule has 1 aliphatic carbocycles. The summed E-state index contributed by atoms with van der Waals surface area (Å²) in [5.74, 6) is 0. The Labute approximate surface area is 98.0 Å². The zero-order valence-corrected chi connectivity index (χ0v) is 10.4. The summed E-state index contributed by atoms with van der Waals surface area (Å²) >= 11 is 0. The van der Waals surface area contributed by atoms with Gasteiger partial charge < -0.3 is 20.3 Å². The first kappa shape index (κ1) is 13.9. The lowest BCUT2D eigenvalue weighted by molar-refractivity contribution is 0.0320. The fourth-order valence-corrected chi connectivity index (χ4v) is 2.39. The zero-order valence-electron chi connectivity index (χ0n) is 10.4. The molecule has 4 nitrogen and oxygen atoms in total. The quantitative estimate of drug-likeness (QED) is 0.628. The Morgan fingerprint density at radius 3 is 2.50 bits per heavy atom. The van der Waals surface area contributed by atoms with Gasteiger partial charge in [-0.3, -0.25) is 0 Å². The second-order valence-corrected chi connectivity index (χ2v) is 4.82. The molecule has 0 aliphatic heterocycles. The molecular formula is C12H25NO3. The van der Waals surface area contributed by atoms with Crippen LogP contribution < -0.4 is 5.32 Å². The minimum atomic E-state index is -0.527. The van der Waals surface area contributed by atoms with Gasteiger partial charge in [-0.2, -0.15) is 0 Å². The lowest BCUT2D eigenvalue weighted by Crippen LogP contribution is -2.56. The van der Waals surface area contributed by atoms with E-state index in [1.165, 1.54) is 0 Å². The Hall–Kier alpha value is -0.160. The molecule has 1 aliphatic rings. The van der Waals surface area contributed by atoms with E-state index in [-0.39, 0.29) is 13.2 Å². The minimum Gasteiger partial charge on any atom is -0.394 e. The van der Waals surface area contributed by atoms with Crippen molar-refractivity contribution >= 4 is 0 Å². The van der Waals surface area contributed by atoms with E-state index in [1.807, 2.05) is 6.92 Å². The molecule has 1 rings (SSSR count). The maximum atomic E-state index is 9.38. The van der Waals surface area contributed by atoms with E-state index in [2.05, 4.69) is 5.32 Å². The summed E-state index contributed by atoms with van der Waals surface area (Å²) in [6, 6.07) is 0.345. The lowest BCUT2D eigenvalue weighted by Gasteiger charge is -2.38. The van der Waals surface area contributed by atoms with Gasteiger partial charge in [0.1, 0.15) is 0 Å². The molecule has 16 heavy (non-hydrogen) atoms. The molecule has 0 aromatic heterocycles. The highest BCUT2D eigenvalue weighted by Crippen LogP contribution is 2.23. The van der Waals surface area contributed by atoms with E-state index >= 15 is 0 Å². The van der Waals surface area contributed by atoms with Crippen molar-refractivity contribution in [2.24, 2.45) is 0 Å². The minimum absolute atomic E-state index is 0.0197. The number of rotatable bonds is 6. The predicted molar refractivity (Wildman–Crippen MR) is 63.4 cm³/mol. The molecule has 4 heteroatoms. The molecule has 1 saturated carbocycles. The Morgan fingerprint density at radius 2 is 2.00 bits per heavy atom. The number of methoxy groups -OCH3 is 1. The maximum absolute atomic E-state index is 9.38. The van der Waals surface area contributed by atoms with Crippen molar-refractivity contribution in [2.75, 3.05) is 20.3 Å². The van der Waals surface area contributed by atoms with Crippen LogP contribution in [0.25, 0.3) is 0 Å². The van der Waals surface area contributed by atoms with E-state index < -0.39 is 5.54 Å². The maximum Gasteiger partial charge on any atom is 0.0647 e. The number of hydrogen-bond donors (Lipinski definition) is 3. The molecule has 0 bridgehead atoms. The third-order valence-electron chi connectivity index (χ3n) is 3.75. The molecule has 96 valence electrons. The largest absolute Gasteiger partial charge is 0.394 e. The topological polar surface area (TPSA) is 61.7 Å². The Kier molecular flexibility index (Phi) is 5.69. The molecule has 0 spiro atoms. The molecule has 2 unspecified atom stereocenters. The van der Waals surface area contributed by atoms with Crippen LogP contribution in [-0.2, 0) is 4.74 Å². The molecule has 0 aromatic rings. The van der Waals surface area contributed by atoms with Crippen molar-refractivity contribution in [3.05, 3.63) is 0 Å². The van der Waals surface area contributed by atoms with Crippen LogP contribution in [0.1, 0.15) is 39.0 Å². The Balaban J connectivity index is 2.50. The van der Waals surface area contributed by atoms with Crippen molar-refractivity contribution in [1.82, 2.24) is 5.32 Å². The number of hydrogen-bond acceptors (Lipinski definition) is 4. The van der Waals surface area contributed by atoms with Gasteiger partial charge in [-0.25, -0.2) is 0 Å². The van der Waals surface area contributed by atoms with E-state index in [0.717, 1.165) is 32.1 Å². The van der Waals surface area contributed by atoms with Gasteiger partial charge in [-0.1, -0.05) is 6.92 Å². The van der Waals surface area contributed by atoms with Crippen molar-refractivity contribution < 1.29 is 14.9 Å². The van der Waals surface area contributed by atoms with Crippen LogP contribution in [0.5, 0.6) is 0 Å². The molecule has 3 N–H and O–H groups in total. The molecule has 0 aromatic carbocycles. The monoisotopic (exact) mass is 231 g/mol. The van der Waals surface area contributed by atoms with E-state index in [0.29, 0.717) is 12.1 Å². The van der Waals surface area contributed by atoms with Crippen molar-refractivity contribution in [1.29, 1.82) is 0 Å². The summed E-state index contributed by atoms with van der Waals surface area (Å²) in [4.78, 5) is 0. The standard InChI is InChI=1S/C12H25NO3/c1-3-12(8-14,9-15)13-10-5-4-6-11(7-10)16-2/h10-11,13-15H,3-9H2,1-2H3. The Bertz CT molecular complexity index is 186. The van der Waals surface area contributed by atoms with Crippen molar-refractivity contribution in [3.8, 4) is 0 Å². The average Bonchev–Trinajstić information content (AvgIpc) is 2.36. The molecule has 0 radical (unpaired) electrons. The first-order chi connectivity index (χ1) is 7.69. The molecule has 0 heterocycles. The second-order valence-electron chi connectivity index (χ2n) is 4.82. The van der Waals surface area contributed by atoms with E-state index in [1.54, 1.807) is 7.11 Å². The molecule has 0 amide bonds. The zero-order chi connectivity index (χ0) is 12.0. The first-order valence-electron chi connectivity index (χ1n) is 6.22. The van der Waals surface area contributed by atoms with Crippen LogP contribution in [0, 0.1) is 0 Å². The van der Waals surface area contributed by atoms with Crippen LogP contribution in [0.2, 0.25) is 0 Å². The summed E-state index contributed by atoms with van der Waals surface area (Å²) in [5, 5.41) is 22.2. The third-order valence-corrected chi connectivity index (χ3v) is 3.75. The fraction of sp³-hybridized carbons (Fsp3) is 1.00. The summed E-state index contributed by atoms with van der Waals surface area (Å²) in [6.07, 6.45) is 5.38. The van der Waals surface area contributed by atoms with Gasteiger partial charge in [-0.15, -0.1) is 0 Å². The summed E-state index contributed by atoms with van der Waals surface area (Å²) in [7, 11) is 1.75. The van der Waals surface area contributed by atoms with Gasteiger partial charge in [0.2, 0.25) is 0 Å². The van der Waals surface area contributed by atoms with Crippen molar-refractivity contribution in [2.45, 2.75) is 56.7 Å². The lowest BCUT2D eigenvalue weighted by atomic mass is 9.89. The van der Waals surface area contributed by atoms with Gasteiger partial charge in [0.05, 0.1) is 24.9 Å². The number of nitrogens with one attached hydrogen (secondary N) is 1. The second kappa shape index (κ2) is 6.55. The number of aliphatic hydroxyl groups excluding tert-OH is 2. The summed E-state index contributed by atoms with van der Waals surface area (Å²) in [6.45, 7) is 1.94. The van der Waals surface area contributed by atoms with E-state index in [4.69, 9.17) is 4.74 Å². The van der Waals surface area contributed by atoms with E-state index in [9.17, 15) is 10.2 Å². The van der Waals surface area contributed by atoms with Gasteiger partial charge in [0.25, 0.3) is 0 Å². The van der Waals surface area contributed by atoms with Crippen LogP contribution in [-0.4, -0.2) is 48.2 Å². The van der Waals surface area contributed by atoms with Crippen molar-refractivity contribution in [3.63, 3.8) is 0 Å². The smallest absolute Gasteiger partial charge is 0.0647 e. The van der Waals surface area contributed by atoms with Gasteiger partial charge in [-0.05, 0) is 32.1 Å². The third kappa shape index (κ3) is 3.42. The highest BCUT2D eigenvalue weighted by molar-refractivity contribution is 4.91. The SMILES string of the molecule is CCC(CO)(CO)NC1CCCC(OC)C1. The van der Waals surface area contributed by atoms with Crippen LogP contribution in [0.4, 0.5) is 0 Å². The van der Waals surface area contributed by atoms with Gasteiger partial charge in [0, 0.05) is 13.2 Å². The average molecular weight is 231 g/mol. The van der Waals surface area contributed by atoms with Crippen LogP contribution in [0.15, 0.2) is 0 Å². The van der Waals surface area contributed by atoms with Crippen LogP contribution in [0.3, 0.4) is 0 Å². The summed E-state index contributed by atoms with van der Waals surface area (Å²) < 4.78 is 5.37. The number of aliphatic hydroxyl groups is 2. The van der Waals surface area contributed by atoms with Gasteiger partial charge >= 0.3 is 0 Å². The molecule has 0 saturated heterocycles. The first-order valence-corrected chi connectivity index (χ1v) is 6.22.